The zero-order chi connectivity index (χ0) is 24.0. The summed E-state index contributed by atoms with van der Waals surface area (Å²) in [5.74, 6) is 0.0955. The molecule has 1 N–H and O–H groups in total. The summed E-state index contributed by atoms with van der Waals surface area (Å²) >= 11 is 0. The van der Waals surface area contributed by atoms with Gasteiger partial charge in [-0.1, -0.05) is 42.5 Å². The number of nitrogens with one attached hydrogen (secondary N) is 1. The molecule has 0 atom stereocenters. The lowest BCUT2D eigenvalue weighted by Gasteiger charge is -2.26. The van der Waals surface area contributed by atoms with E-state index >= 15 is 0 Å². The first-order valence-electron chi connectivity index (χ1n) is 11.1. The summed E-state index contributed by atoms with van der Waals surface area (Å²) in [6.07, 6.45) is 1.69. The van der Waals surface area contributed by atoms with Crippen molar-refractivity contribution in [1.29, 1.82) is 0 Å². The van der Waals surface area contributed by atoms with Gasteiger partial charge >= 0.3 is 0 Å². The predicted molar refractivity (Wildman–Crippen MR) is 128 cm³/mol. The second-order valence-electron chi connectivity index (χ2n) is 7.89. The molecule has 1 aliphatic rings. The number of aromatic nitrogens is 2. The molecule has 180 valence electrons. The maximum Gasteiger partial charge on any atom is 0.255 e. The summed E-state index contributed by atoms with van der Waals surface area (Å²) in [7, 11) is -1.89. The number of ether oxygens (including phenoxy) is 2. The van der Waals surface area contributed by atoms with Gasteiger partial charge in [0.2, 0.25) is 10.0 Å². The number of nitrogens with zero attached hydrogens (tertiary/aromatic N) is 3. The summed E-state index contributed by atoms with van der Waals surface area (Å²) in [5, 5.41) is 7.41. The third kappa shape index (κ3) is 5.82. The van der Waals surface area contributed by atoms with E-state index in [1.807, 2.05) is 54.6 Å². The van der Waals surface area contributed by atoms with E-state index in [2.05, 4.69) is 10.4 Å². The van der Waals surface area contributed by atoms with Crippen molar-refractivity contribution in [2.24, 2.45) is 0 Å². The molecule has 0 bridgehead atoms. The Labute approximate surface area is 199 Å². The van der Waals surface area contributed by atoms with Crippen LogP contribution in [-0.4, -0.2) is 74.1 Å². The number of methoxy groups -OCH3 is 1. The summed E-state index contributed by atoms with van der Waals surface area (Å²) < 4.78 is 38.8. The number of rotatable bonds is 9. The van der Waals surface area contributed by atoms with Crippen molar-refractivity contribution in [1.82, 2.24) is 19.4 Å². The molecular weight excluding hydrogens is 456 g/mol. The van der Waals surface area contributed by atoms with Gasteiger partial charge in [-0.2, -0.15) is 9.40 Å². The molecule has 0 aliphatic carbocycles. The molecule has 4 rings (SSSR count). The lowest BCUT2D eigenvalue weighted by atomic mass is 10.1. The van der Waals surface area contributed by atoms with Crippen molar-refractivity contribution in [3.63, 3.8) is 0 Å². The highest BCUT2D eigenvalue weighted by atomic mass is 32.2. The minimum atomic E-state index is -3.47. The Morgan fingerprint density at radius 2 is 1.88 bits per heavy atom. The zero-order valence-electron chi connectivity index (χ0n) is 19.0. The van der Waals surface area contributed by atoms with Gasteiger partial charge in [0, 0.05) is 31.4 Å². The molecule has 3 aromatic rings. The van der Waals surface area contributed by atoms with Crippen LogP contribution in [0.2, 0.25) is 0 Å². The smallest absolute Gasteiger partial charge is 0.255 e. The molecule has 9 nitrogen and oxygen atoms in total. The van der Waals surface area contributed by atoms with Crippen molar-refractivity contribution in [2.45, 2.75) is 6.54 Å². The highest BCUT2D eigenvalue weighted by Crippen LogP contribution is 2.26. The average molecular weight is 485 g/mol. The Hall–Kier alpha value is -3.21. The number of hydrogen-bond donors (Lipinski definition) is 1. The van der Waals surface area contributed by atoms with E-state index in [4.69, 9.17) is 9.47 Å². The van der Waals surface area contributed by atoms with E-state index in [1.54, 1.807) is 18.0 Å². The monoisotopic (exact) mass is 484 g/mol. The van der Waals surface area contributed by atoms with Gasteiger partial charge in [0.1, 0.15) is 11.4 Å². The zero-order valence-corrected chi connectivity index (χ0v) is 19.8. The van der Waals surface area contributed by atoms with Crippen LogP contribution in [0.5, 0.6) is 5.75 Å². The molecule has 0 saturated carbocycles. The van der Waals surface area contributed by atoms with Crippen molar-refractivity contribution in [2.75, 3.05) is 45.7 Å². The van der Waals surface area contributed by atoms with Crippen molar-refractivity contribution in [3.8, 4) is 17.0 Å². The Bertz CT molecular complexity index is 1220. The van der Waals surface area contributed by atoms with E-state index in [9.17, 15) is 13.2 Å². The van der Waals surface area contributed by atoms with Crippen LogP contribution < -0.4 is 10.1 Å². The fourth-order valence-corrected chi connectivity index (χ4v) is 5.09. The van der Waals surface area contributed by atoms with Gasteiger partial charge in [0.15, 0.2) is 0 Å². The molecule has 0 unspecified atom stereocenters. The van der Waals surface area contributed by atoms with Gasteiger partial charge in [0.25, 0.3) is 5.91 Å². The quantitative estimate of drug-likeness (QED) is 0.498. The lowest BCUT2D eigenvalue weighted by Crippen LogP contribution is -2.43. The number of amides is 1. The molecule has 0 radical (unpaired) electrons. The molecular formula is C24H28N4O5S. The van der Waals surface area contributed by atoms with E-state index in [-0.39, 0.29) is 18.2 Å². The Kier molecular flexibility index (Phi) is 7.61. The summed E-state index contributed by atoms with van der Waals surface area (Å²) in [4.78, 5) is 13.1. The number of hydrogen-bond acceptors (Lipinski definition) is 6. The first kappa shape index (κ1) is 23.9. The van der Waals surface area contributed by atoms with Gasteiger partial charge < -0.3 is 14.8 Å². The average Bonchev–Trinajstić information content (AvgIpc) is 3.29. The van der Waals surface area contributed by atoms with Crippen molar-refractivity contribution < 1.29 is 22.7 Å². The highest BCUT2D eigenvalue weighted by molar-refractivity contribution is 7.89. The first-order chi connectivity index (χ1) is 16.5. The Morgan fingerprint density at radius 3 is 2.62 bits per heavy atom. The topological polar surface area (TPSA) is 103 Å². The fourth-order valence-electron chi connectivity index (χ4n) is 3.77. The second kappa shape index (κ2) is 10.8. The molecule has 10 heteroatoms. The molecule has 0 spiro atoms. The van der Waals surface area contributed by atoms with Crippen LogP contribution in [0.15, 0.2) is 60.8 Å². The van der Waals surface area contributed by atoms with Crippen LogP contribution in [0.1, 0.15) is 15.9 Å². The number of carbonyl (C=O) groups is 1. The Morgan fingerprint density at radius 1 is 1.12 bits per heavy atom. The van der Waals surface area contributed by atoms with Crippen LogP contribution in [0, 0.1) is 0 Å². The SMILES string of the molecule is COc1cccc(-c2nn(Cc3ccccc3)cc2C(=O)NCCS(=O)(=O)N2CCOCC2)c1. The van der Waals surface area contributed by atoms with Crippen molar-refractivity contribution in [3.05, 3.63) is 71.9 Å². The van der Waals surface area contributed by atoms with Gasteiger partial charge in [-0.25, -0.2) is 8.42 Å². The fraction of sp³-hybridized carbons (Fsp3) is 0.333. The third-order valence-electron chi connectivity index (χ3n) is 5.55. The molecule has 2 aromatic carbocycles. The van der Waals surface area contributed by atoms with Crippen molar-refractivity contribution >= 4 is 15.9 Å². The predicted octanol–water partition coefficient (Wildman–Crippen LogP) is 2.00. The van der Waals surface area contributed by atoms with Gasteiger partial charge in [-0.05, 0) is 17.7 Å². The number of carbonyl (C=O) groups excluding carboxylic acids is 1. The second-order valence-corrected chi connectivity index (χ2v) is 9.98. The molecule has 1 aliphatic heterocycles. The molecule has 2 heterocycles. The van der Waals surface area contributed by atoms with Gasteiger partial charge in [-0.3, -0.25) is 9.48 Å². The van der Waals surface area contributed by atoms with Crippen LogP contribution in [0.4, 0.5) is 0 Å². The van der Waals surface area contributed by atoms with Crippen LogP contribution >= 0.6 is 0 Å². The van der Waals surface area contributed by atoms with E-state index in [0.29, 0.717) is 49.9 Å². The van der Waals surface area contributed by atoms with E-state index in [0.717, 1.165) is 11.1 Å². The molecule has 1 amide bonds. The normalized spacial score (nSPS) is 14.6. The maximum atomic E-state index is 13.1. The largest absolute Gasteiger partial charge is 0.497 e. The van der Waals surface area contributed by atoms with Gasteiger partial charge in [-0.15, -0.1) is 0 Å². The minimum Gasteiger partial charge on any atom is -0.497 e. The number of sulfonamides is 1. The summed E-state index contributed by atoms with van der Waals surface area (Å²) in [5.41, 5.74) is 2.65. The minimum absolute atomic E-state index is 0.0000597. The van der Waals surface area contributed by atoms with Crippen LogP contribution in [0.25, 0.3) is 11.3 Å². The molecule has 1 aromatic heterocycles. The summed E-state index contributed by atoms with van der Waals surface area (Å²) in [6.45, 7) is 1.94. The van der Waals surface area contributed by atoms with Crippen LogP contribution in [-0.2, 0) is 21.3 Å². The maximum absolute atomic E-state index is 13.1. The molecule has 1 saturated heterocycles. The van der Waals surface area contributed by atoms with E-state index in [1.165, 1.54) is 4.31 Å². The van der Waals surface area contributed by atoms with E-state index < -0.39 is 10.0 Å². The number of benzene rings is 2. The highest BCUT2D eigenvalue weighted by Gasteiger charge is 2.25. The standard InChI is InChI=1S/C24H28N4O5S/c1-32-21-9-5-8-20(16-21)23-22(18-27(26-23)17-19-6-3-2-4-7-19)24(29)25-10-15-34(30,31)28-11-13-33-14-12-28/h2-9,16,18H,10-15,17H2,1H3,(H,25,29). The van der Waals surface area contributed by atoms with Crippen LogP contribution in [0.3, 0.4) is 0 Å². The molecule has 34 heavy (non-hydrogen) atoms. The summed E-state index contributed by atoms with van der Waals surface area (Å²) in [6, 6.07) is 17.1. The Balaban J connectivity index is 1.53. The van der Waals surface area contributed by atoms with Gasteiger partial charge in [0.05, 0.1) is 38.2 Å². The third-order valence-corrected chi connectivity index (χ3v) is 7.42. The lowest BCUT2D eigenvalue weighted by molar-refractivity contribution is 0.0730. The molecule has 1 fully saturated rings. The number of morpholine rings is 1. The first-order valence-corrected chi connectivity index (χ1v) is 12.7.